The predicted octanol–water partition coefficient (Wildman–Crippen LogP) is 11.2. The van der Waals surface area contributed by atoms with Crippen LogP contribution < -0.4 is 0 Å². The summed E-state index contributed by atoms with van der Waals surface area (Å²) in [5, 5.41) is 0. The van der Waals surface area contributed by atoms with Gasteiger partial charge in [-0.3, -0.25) is 14.4 Å². The first kappa shape index (κ1) is 42.4. The SMILES string of the molecule is CCCCCCCCCC(=O)O[C@H](COC(=O)CCCCCCC)COC(=O)CCCCCCCCCCCCCC(C)C. The zero-order valence-electron chi connectivity index (χ0n) is 29.6. The quantitative estimate of drug-likeness (QED) is 0.0410. The molecule has 0 bridgehead atoms. The number of carbonyl (C=O) groups excluding carboxylic acids is 3. The Morgan fingerprint density at radius 3 is 1.11 bits per heavy atom. The smallest absolute Gasteiger partial charge is 0.306 e. The van der Waals surface area contributed by atoms with Crippen molar-refractivity contribution in [2.24, 2.45) is 5.92 Å². The molecule has 0 aromatic heterocycles. The van der Waals surface area contributed by atoms with Gasteiger partial charge in [0.1, 0.15) is 13.2 Å². The lowest BCUT2D eigenvalue weighted by Gasteiger charge is -2.18. The van der Waals surface area contributed by atoms with Crippen molar-refractivity contribution in [2.75, 3.05) is 13.2 Å². The van der Waals surface area contributed by atoms with Gasteiger partial charge in [0.05, 0.1) is 0 Å². The summed E-state index contributed by atoms with van der Waals surface area (Å²) < 4.78 is 16.4. The minimum absolute atomic E-state index is 0.0666. The van der Waals surface area contributed by atoms with E-state index in [9.17, 15) is 14.4 Å². The topological polar surface area (TPSA) is 78.9 Å². The predicted molar refractivity (Wildman–Crippen MR) is 183 cm³/mol. The Hall–Kier alpha value is -1.59. The van der Waals surface area contributed by atoms with E-state index < -0.39 is 6.10 Å². The highest BCUT2D eigenvalue weighted by Gasteiger charge is 2.19. The molecular formula is C38H72O6. The van der Waals surface area contributed by atoms with E-state index in [4.69, 9.17) is 14.2 Å². The molecular weight excluding hydrogens is 552 g/mol. The summed E-state index contributed by atoms with van der Waals surface area (Å²) >= 11 is 0. The van der Waals surface area contributed by atoms with Crippen LogP contribution in [0.5, 0.6) is 0 Å². The van der Waals surface area contributed by atoms with Crippen molar-refractivity contribution in [3.05, 3.63) is 0 Å². The molecule has 0 fully saturated rings. The molecule has 0 rings (SSSR count). The monoisotopic (exact) mass is 625 g/mol. The first-order valence-electron chi connectivity index (χ1n) is 18.9. The van der Waals surface area contributed by atoms with Crippen LogP contribution in [0.3, 0.4) is 0 Å². The van der Waals surface area contributed by atoms with Crippen LogP contribution in [0, 0.1) is 5.92 Å². The minimum atomic E-state index is -0.754. The molecule has 0 aliphatic heterocycles. The summed E-state index contributed by atoms with van der Waals surface area (Å²) in [5.74, 6) is -0.0595. The molecule has 44 heavy (non-hydrogen) atoms. The molecule has 0 saturated carbocycles. The van der Waals surface area contributed by atoms with Crippen LogP contribution in [0.1, 0.15) is 201 Å². The fourth-order valence-electron chi connectivity index (χ4n) is 5.39. The molecule has 0 saturated heterocycles. The van der Waals surface area contributed by atoms with E-state index in [0.29, 0.717) is 19.3 Å². The van der Waals surface area contributed by atoms with Crippen LogP contribution in [0.2, 0.25) is 0 Å². The maximum Gasteiger partial charge on any atom is 0.306 e. The first-order valence-corrected chi connectivity index (χ1v) is 18.9. The van der Waals surface area contributed by atoms with Crippen molar-refractivity contribution < 1.29 is 28.6 Å². The number of esters is 3. The second-order valence-electron chi connectivity index (χ2n) is 13.3. The van der Waals surface area contributed by atoms with Crippen LogP contribution in [-0.4, -0.2) is 37.2 Å². The number of hydrogen-bond donors (Lipinski definition) is 0. The van der Waals surface area contributed by atoms with E-state index in [2.05, 4.69) is 27.7 Å². The lowest BCUT2D eigenvalue weighted by molar-refractivity contribution is -0.167. The van der Waals surface area contributed by atoms with Crippen LogP contribution in [0.4, 0.5) is 0 Å². The Morgan fingerprint density at radius 2 is 0.750 bits per heavy atom. The van der Waals surface area contributed by atoms with E-state index in [0.717, 1.165) is 70.1 Å². The van der Waals surface area contributed by atoms with Gasteiger partial charge in [-0.1, -0.05) is 163 Å². The van der Waals surface area contributed by atoms with Crippen LogP contribution in [-0.2, 0) is 28.6 Å². The van der Waals surface area contributed by atoms with E-state index in [-0.39, 0.29) is 31.1 Å². The van der Waals surface area contributed by atoms with Gasteiger partial charge in [0.15, 0.2) is 6.10 Å². The van der Waals surface area contributed by atoms with E-state index in [1.54, 1.807) is 0 Å². The van der Waals surface area contributed by atoms with Gasteiger partial charge >= 0.3 is 17.9 Å². The number of carbonyl (C=O) groups is 3. The third-order valence-corrected chi connectivity index (χ3v) is 8.29. The average molecular weight is 625 g/mol. The normalized spacial score (nSPS) is 11.9. The van der Waals surface area contributed by atoms with Gasteiger partial charge in [0.25, 0.3) is 0 Å². The Labute approximate surface area is 272 Å². The fourth-order valence-corrected chi connectivity index (χ4v) is 5.39. The Bertz CT molecular complexity index is 662. The first-order chi connectivity index (χ1) is 21.4. The molecule has 0 amide bonds. The number of hydrogen-bond acceptors (Lipinski definition) is 6. The summed E-state index contributed by atoms with van der Waals surface area (Å²) in [7, 11) is 0. The third kappa shape index (κ3) is 31.8. The van der Waals surface area contributed by atoms with Gasteiger partial charge < -0.3 is 14.2 Å². The van der Waals surface area contributed by atoms with Gasteiger partial charge in [0.2, 0.25) is 0 Å². The molecule has 0 unspecified atom stereocenters. The van der Waals surface area contributed by atoms with Crippen molar-refractivity contribution in [2.45, 2.75) is 207 Å². The summed E-state index contributed by atoms with van der Waals surface area (Å²) in [6.45, 7) is 8.83. The second kappa shape index (κ2) is 32.8. The highest BCUT2D eigenvalue weighted by Crippen LogP contribution is 2.15. The van der Waals surface area contributed by atoms with Crippen molar-refractivity contribution in [3.8, 4) is 0 Å². The number of rotatable bonds is 33. The van der Waals surface area contributed by atoms with Crippen molar-refractivity contribution >= 4 is 17.9 Å². The molecule has 0 aromatic carbocycles. The van der Waals surface area contributed by atoms with Crippen molar-refractivity contribution in [1.82, 2.24) is 0 Å². The van der Waals surface area contributed by atoms with Crippen molar-refractivity contribution in [1.29, 1.82) is 0 Å². The molecule has 0 aliphatic rings. The Balaban J connectivity index is 4.19. The van der Waals surface area contributed by atoms with Crippen LogP contribution in [0.25, 0.3) is 0 Å². The summed E-state index contributed by atoms with van der Waals surface area (Å²) in [4.78, 5) is 37.0. The maximum atomic E-state index is 12.5. The average Bonchev–Trinajstić information content (AvgIpc) is 3.00. The molecule has 0 radical (unpaired) electrons. The molecule has 0 N–H and O–H groups in total. The lowest BCUT2D eigenvalue weighted by Crippen LogP contribution is -2.30. The zero-order chi connectivity index (χ0) is 32.5. The van der Waals surface area contributed by atoms with Crippen molar-refractivity contribution in [3.63, 3.8) is 0 Å². The third-order valence-electron chi connectivity index (χ3n) is 8.29. The Morgan fingerprint density at radius 1 is 0.432 bits per heavy atom. The lowest BCUT2D eigenvalue weighted by atomic mass is 10.0. The van der Waals surface area contributed by atoms with E-state index >= 15 is 0 Å². The molecule has 0 aromatic rings. The van der Waals surface area contributed by atoms with Gasteiger partial charge in [-0.25, -0.2) is 0 Å². The minimum Gasteiger partial charge on any atom is -0.462 e. The highest BCUT2D eigenvalue weighted by molar-refractivity contribution is 5.71. The molecule has 0 spiro atoms. The molecule has 1 atom stereocenters. The standard InChI is InChI=1S/C38H72O6/c1-5-7-9-11-17-23-27-31-38(41)44-35(32-42-36(39)29-25-20-10-8-6-2)33-43-37(40)30-26-22-19-16-14-12-13-15-18-21-24-28-34(3)4/h34-35H,5-33H2,1-4H3/t35-/m1/s1. The Kier molecular flexibility index (Phi) is 31.6. The van der Waals surface area contributed by atoms with E-state index in [1.807, 2.05) is 0 Å². The highest BCUT2D eigenvalue weighted by atomic mass is 16.6. The van der Waals surface area contributed by atoms with Gasteiger partial charge in [-0.15, -0.1) is 0 Å². The molecule has 260 valence electrons. The summed E-state index contributed by atoms with van der Waals surface area (Å²) in [6, 6.07) is 0. The van der Waals surface area contributed by atoms with Crippen LogP contribution >= 0.6 is 0 Å². The molecule has 6 heteroatoms. The number of unbranched alkanes of at least 4 members (excludes halogenated alkanes) is 20. The van der Waals surface area contributed by atoms with E-state index in [1.165, 1.54) is 89.9 Å². The van der Waals surface area contributed by atoms with Gasteiger partial charge in [-0.2, -0.15) is 0 Å². The van der Waals surface area contributed by atoms with Gasteiger partial charge in [-0.05, 0) is 25.2 Å². The fraction of sp³-hybridized carbons (Fsp3) is 0.921. The van der Waals surface area contributed by atoms with Gasteiger partial charge in [0, 0.05) is 19.3 Å². The number of ether oxygens (including phenoxy) is 3. The zero-order valence-corrected chi connectivity index (χ0v) is 29.6. The van der Waals surface area contributed by atoms with Crippen LogP contribution in [0.15, 0.2) is 0 Å². The molecule has 6 nitrogen and oxygen atoms in total. The summed E-state index contributed by atoms with van der Waals surface area (Å²) in [6.07, 6.45) is 28.4. The maximum absolute atomic E-state index is 12.5. The second-order valence-corrected chi connectivity index (χ2v) is 13.3. The molecule has 0 aliphatic carbocycles. The summed E-state index contributed by atoms with van der Waals surface area (Å²) in [5.41, 5.74) is 0. The largest absolute Gasteiger partial charge is 0.462 e. The molecule has 0 heterocycles.